The van der Waals surface area contributed by atoms with Crippen molar-refractivity contribution < 1.29 is 18.3 Å². The highest BCUT2D eigenvalue weighted by Crippen LogP contribution is 2.24. The molecular weight excluding hydrogens is 364 g/mol. The molecule has 0 saturated carbocycles. The summed E-state index contributed by atoms with van der Waals surface area (Å²) in [7, 11) is 0. The fourth-order valence-corrected chi connectivity index (χ4v) is 2.57. The molecule has 5 nitrogen and oxygen atoms in total. The van der Waals surface area contributed by atoms with Crippen LogP contribution in [0.3, 0.4) is 0 Å². The topological polar surface area (TPSA) is 77.2 Å². The van der Waals surface area contributed by atoms with Crippen LogP contribution in [0.2, 0.25) is 0 Å². The van der Waals surface area contributed by atoms with E-state index in [0.29, 0.717) is 18.8 Å². The summed E-state index contributed by atoms with van der Waals surface area (Å²) in [5.41, 5.74) is 7.03. The molecule has 144 valence electrons. The molecule has 28 heavy (non-hydrogen) atoms. The quantitative estimate of drug-likeness (QED) is 0.583. The summed E-state index contributed by atoms with van der Waals surface area (Å²) in [6.45, 7) is 1.18. The van der Waals surface area contributed by atoms with Crippen molar-refractivity contribution in [3.63, 3.8) is 0 Å². The summed E-state index contributed by atoms with van der Waals surface area (Å²) in [6, 6.07) is 13.9. The second-order valence-corrected chi connectivity index (χ2v) is 6.16. The van der Waals surface area contributed by atoms with Gasteiger partial charge in [-0.05, 0) is 60.5 Å². The molecule has 1 heterocycles. The predicted octanol–water partition coefficient (Wildman–Crippen LogP) is 3.58. The van der Waals surface area contributed by atoms with Gasteiger partial charge >= 0.3 is 0 Å². The number of aromatic nitrogens is 1. The predicted molar refractivity (Wildman–Crippen MR) is 101 cm³/mol. The van der Waals surface area contributed by atoms with Crippen molar-refractivity contribution in [2.75, 3.05) is 6.54 Å². The first-order valence-electron chi connectivity index (χ1n) is 8.68. The standard InChI is InChI=1S/C21H19F2N3O2/c22-16-4-1-14(2-5-16)9-10-25-12-15-3-8-20(18(23)11-15)28-17-6-7-19(21(24)27)26-13-17/h1-8,11,13,25H,9-10,12H2,(H2,24,27). The van der Waals surface area contributed by atoms with Crippen LogP contribution in [-0.2, 0) is 13.0 Å². The third-order valence-corrected chi connectivity index (χ3v) is 4.05. The maximum Gasteiger partial charge on any atom is 0.267 e. The Balaban J connectivity index is 1.51. The zero-order chi connectivity index (χ0) is 19.9. The van der Waals surface area contributed by atoms with Gasteiger partial charge in [-0.25, -0.2) is 13.8 Å². The van der Waals surface area contributed by atoms with Gasteiger partial charge in [0.25, 0.3) is 5.91 Å². The minimum absolute atomic E-state index is 0.0590. The van der Waals surface area contributed by atoms with E-state index in [1.54, 1.807) is 18.2 Å². The van der Waals surface area contributed by atoms with E-state index >= 15 is 0 Å². The van der Waals surface area contributed by atoms with Gasteiger partial charge in [0.1, 0.15) is 17.3 Å². The Morgan fingerprint density at radius 2 is 1.79 bits per heavy atom. The molecule has 0 spiro atoms. The average Bonchev–Trinajstić information content (AvgIpc) is 2.69. The molecular formula is C21H19F2N3O2. The van der Waals surface area contributed by atoms with Crippen LogP contribution in [0.25, 0.3) is 0 Å². The molecule has 3 N–H and O–H groups in total. The van der Waals surface area contributed by atoms with Crippen molar-refractivity contribution in [1.29, 1.82) is 0 Å². The van der Waals surface area contributed by atoms with Crippen molar-refractivity contribution in [1.82, 2.24) is 10.3 Å². The van der Waals surface area contributed by atoms with Crippen LogP contribution in [0.1, 0.15) is 21.6 Å². The minimum atomic E-state index is -0.644. The maximum atomic E-state index is 14.3. The largest absolute Gasteiger partial charge is 0.453 e. The third-order valence-electron chi connectivity index (χ3n) is 4.05. The van der Waals surface area contributed by atoms with E-state index in [2.05, 4.69) is 10.3 Å². The van der Waals surface area contributed by atoms with Crippen molar-refractivity contribution >= 4 is 5.91 Å². The van der Waals surface area contributed by atoms with E-state index in [1.165, 1.54) is 42.6 Å². The summed E-state index contributed by atoms with van der Waals surface area (Å²) in [5.74, 6) is -1.04. The minimum Gasteiger partial charge on any atom is -0.453 e. The molecule has 2 aromatic carbocycles. The van der Waals surface area contributed by atoms with Gasteiger partial charge in [-0.3, -0.25) is 4.79 Å². The molecule has 0 aliphatic carbocycles. The zero-order valence-electron chi connectivity index (χ0n) is 15.0. The Morgan fingerprint density at radius 1 is 1.04 bits per heavy atom. The number of rotatable bonds is 8. The number of amides is 1. The number of primary amides is 1. The SMILES string of the molecule is NC(=O)c1ccc(Oc2ccc(CNCCc3ccc(F)cc3)cc2F)cn1. The number of nitrogens with zero attached hydrogens (tertiary/aromatic N) is 1. The van der Waals surface area contributed by atoms with Crippen LogP contribution in [0.5, 0.6) is 11.5 Å². The van der Waals surface area contributed by atoms with Gasteiger partial charge in [0.05, 0.1) is 6.20 Å². The molecule has 7 heteroatoms. The fourth-order valence-electron chi connectivity index (χ4n) is 2.57. The van der Waals surface area contributed by atoms with E-state index < -0.39 is 11.7 Å². The molecule has 0 saturated heterocycles. The number of nitrogens with two attached hydrogens (primary N) is 1. The molecule has 0 bridgehead atoms. The average molecular weight is 383 g/mol. The van der Waals surface area contributed by atoms with E-state index in [1.807, 2.05) is 0 Å². The Bertz CT molecular complexity index is 945. The van der Waals surface area contributed by atoms with Crippen molar-refractivity contribution in [3.05, 3.63) is 89.2 Å². The second-order valence-electron chi connectivity index (χ2n) is 6.16. The number of hydrogen-bond donors (Lipinski definition) is 2. The molecule has 0 radical (unpaired) electrons. The Kier molecular flexibility index (Phi) is 6.29. The molecule has 0 atom stereocenters. The highest BCUT2D eigenvalue weighted by molar-refractivity contribution is 5.90. The number of nitrogens with one attached hydrogen (secondary N) is 1. The van der Waals surface area contributed by atoms with Crippen molar-refractivity contribution in [2.24, 2.45) is 5.73 Å². The summed E-state index contributed by atoms with van der Waals surface area (Å²) in [4.78, 5) is 14.9. The van der Waals surface area contributed by atoms with Crippen LogP contribution < -0.4 is 15.8 Å². The van der Waals surface area contributed by atoms with Crippen molar-refractivity contribution in [3.8, 4) is 11.5 Å². The molecule has 0 unspecified atom stereocenters. The van der Waals surface area contributed by atoms with Gasteiger partial charge in [-0.15, -0.1) is 0 Å². The fraction of sp³-hybridized carbons (Fsp3) is 0.143. The first kappa shape index (κ1) is 19.4. The van der Waals surface area contributed by atoms with Crippen molar-refractivity contribution in [2.45, 2.75) is 13.0 Å². The molecule has 1 amide bonds. The highest BCUT2D eigenvalue weighted by atomic mass is 19.1. The molecule has 0 aliphatic heterocycles. The first-order valence-corrected chi connectivity index (χ1v) is 8.68. The van der Waals surface area contributed by atoms with Crippen LogP contribution in [0.15, 0.2) is 60.8 Å². The van der Waals surface area contributed by atoms with E-state index in [0.717, 1.165) is 17.5 Å². The van der Waals surface area contributed by atoms with Gasteiger partial charge in [0.2, 0.25) is 0 Å². The summed E-state index contributed by atoms with van der Waals surface area (Å²) in [5, 5.41) is 3.22. The lowest BCUT2D eigenvalue weighted by Crippen LogP contribution is -2.16. The first-order chi connectivity index (χ1) is 13.5. The van der Waals surface area contributed by atoms with Gasteiger partial charge < -0.3 is 15.8 Å². The Labute approximate surface area is 161 Å². The van der Waals surface area contributed by atoms with Crippen LogP contribution >= 0.6 is 0 Å². The highest BCUT2D eigenvalue weighted by Gasteiger charge is 2.08. The maximum absolute atomic E-state index is 14.3. The number of halogens is 2. The molecule has 0 fully saturated rings. The summed E-state index contributed by atoms with van der Waals surface area (Å²) < 4.78 is 32.6. The summed E-state index contributed by atoms with van der Waals surface area (Å²) >= 11 is 0. The lowest BCUT2D eigenvalue weighted by Gasteiger charge is -2.09. The van der Waals surface area contributed by atoms with E-state index in [-0.39, 0.29) is 17.3 Å². The zero-order valence-corrected chi connectivity index (χ0v) is 15.0. The third kappa shape index (κ3) is 5.34. The smallest absolute Gasteiger partial charge is 0.267 e. The lowest BCUT2D eigenvalue weighted by atomic mass is 10.1. The van der Waals surface area contributed by atoms with Gasteiger partial charge in [0, 0.05) is 6.54 Å². The molecule has 3 aromatic rings. The Hall–Kier alpha value is -3.32. The van der Waals surface area contributed by atoms with Crippen LogP contribution in [0.4, 0.5) is 8.78 Å². The molecule has 3 rings (SSSR count). The normalized spacial score (nSPS) is 10.6. The monoisotopic (exact) mass is 383 g/mol. The van der Waals surface area contributed by atoms with E-state index in [4.69, 9.17) is 10.5 Å². The number of pyridine rings is 1. The van der Waals surface area contributed by atoms with Gasteiger partial charge in [-0.2, -0.15) is 0 Å². The van der Waals surface area contributed by atoms with E-state index in [9.17, 15) is 13.6 Å². The number of carbonyl (C=O) groups excluding carboxylic acids is 1. The van der Waals surface area contributed by atoms with Gasteiger partial charge in [-0.1, -0.05) is 18.2 Å². The molecule has 1 aromatic heterocycles. The van der Waals surface area contributed by atoms with Gasteiger partial charge in [0.15, 0.2) is 11.6 Å². The number of ether oxygens (including phenoxy) is 1. The van der Waals surface area contributed by atoms with Crippen LogP contribution in [0, 0.1) is 11.6 Å². The molecule has 0 aliphatic rings. The second kappa shape index (κ2) is 9.05. The number of benzene rings is 2. The summed E-state index contributed by atoms with van der Waals surface area (Å²) in [6.07, 6.45) is 2.06. The van der Waals surface area contributed by atoms with Crippen LogP contribution in [-0.4, -0.2) is 17.4 Å². The number of carbonyl (C=O) groups is 1. The lowest BCUT2D eigenvalue weighted by molar-refractivity contribution is 0.0995. The Morgan fingerprint density at radius 3 is 2.43 bits per heavy atom. The number of hydrogen-bond acceptors (Lipinski definition) is 4.